The quantitative estimate of drug-likeness (QED) is 0.546. The molecule has 0 radical (unpaired) electrons. The largest absolute Gasteiger partial charge is 0.493 e. The summed E-state index contributed by atoms with van der Waals surface area (Å²) in [6, 6.07) is 11.1. The molecule has 0 aliphatic rings. The summed E-state index contributed by atoms with van der Waals surface area (Å²) < 4.78 is 15.9. The van der Waals surface area contributed by atoms with E-state index in [4.69, 9.17) is 25.8 Å². The Hall–Kier alpha value is -2.53. The van der Waals surface area contributed by atoms with E-state index < -0.39 is 12.1 Å². The van der Waals surface area contributed by atoms with Gasteiger partial charge in [-0.1, -0.05) is 11.6 Å². The van der Waals surface area contributed by atoms with E-state index >= 15 is 0 Å². The lowest BCUT2D eigenvalue weighted by atomic mass is 10.1. The third-order valence-electron chi connectivity index (χ3n) is 3.48. The van der Waals surface area contributed by atoms with E-state index in [1.54, 1.807) is 36.4 Å². The first-order valence-corrected chi connectivity index (χ1v) is 8.15. The van der Waals surface area contributed by atoms with Gasteiger partial charge in [0, 0.05) is 10.6 Å². The van der Waals surface area contributed by atoms with Crippen LogP contribution < -0.4 is 9.47 Å². The fourth-order valence-electron chi connectivity index (χ4n) is 2.20. The van der Waals surface area contributed by atoms with Crippen LogP contribution in [0.1, 0.15) is 34.6 Å². The third-order valence-corrected chi connectivity index (χ3v) is 3.73. The maximum absolute atomic E-state index is 12.3. The van der Waals surface area contributed by atoms with E-state index in [0.717, 1.165) is 0 Å². The molecule has 5 nitrogen and oxygen atoms in total. The van der Waals surface area contributed by atoms with E-state index in [2.05, 4.69) is 0 Å². The van der Waals surface area contributed by atoms with Crippen molar-refractivity contribution in [3.8, 4) is 11.5 Å². The number of methoxy groups -OCH3 is 1. The van der Waals surface area contributed by atoms with Gasteiger partial charge in [-0.2, -0.15) is 0 Å². The Morgan fingerprint density at radius 3 is 2.28 bits per heavy atom. The Balaban J connectivity index is 2.11. The number of hydrogen-bond donors (Lipinski definition) is 0. The Morgan fingerprint density at radius 2 is 1.68 bits per heavy atom. The topological polar surface area (TPSA) is 61.8 Å². The van der Waals surface area contributed by atoms with Crippen molar-refractivity contribution < 1.29 is 23.8 Å². The van der Waals surface area contributed by atoms with E-state index in [1.807, 2.05) is 6.92 Å². The van der Waals surface area contributed by atoms with E-state index in [-0.39, 0.29) is 11.3 Å². The smallest absolute Gasteiger partial charge is 0.338 e. The van der Waals surface area contributed by atoms with Gasteiger partial charge in [0.05, 0.1) is 19.3 Å². The first-order chi connectivity index (χ1) is 12.0. The Morgan fingerprint density at radius 1 is 1.04 bits per heavy atom. The Kier molecular flexibility index (Phi) is 6.42. The summed E-state index contributed by atoms with van der Waals surface area (Å²) >= 11 is 5.81. The van der Waals surface area contributed by atoms with Crippen LogP contribution in [0.3, 0.4) is 0 Å². The van der Waals surface area contributed by atoms with E-state index in [9.17, 15) is 9.59 Å². The van der Waals surface area contributed by atoms with Gasteiger partial charge in [-0.05, 0) is 56.3 Å². The average Bonchev–Trinajstić information content (AvgIpc) is 2.61. The minimum atomic E-state index is -0.925. The highest BCUT2D eigenvalue weighted by atomic mass is 35.5. The van der Waals surface area contributed by atoms with Crippen LogP contribution in [-0.2, 0) is 4.74 Å². The molecule has 0 aromatic heterocycles. The van der Waals surface area contributed by atoms with Gasteiger partial charge in [0.15, 0.2) is 17.6 Å². The number of carbonyl (C=O) groups excluding carboxylic acids is 2. The summed E-state index contributed by atoms with van der Waals surface area (Å²) in [5.74, 6) is 0.0433. The second-order valence-corrected chi connectivity index (χ2v) is 5.65. The van der Waals surface area contributed by atoms with E-state index in [0.29, 0.717) is 28.7 Å². The maximum Gasteiger partial charge on any atom is 0.338 e. The minimum Gasteiger partial charge on any atom is -0.493 e. The number of carbonyl (C=O) groups is 2. The van der Waals surface area contributed by atoms with Crippen LogP contribution in [0.4, 0.5) is 0 Å². The average molecular weight is 363 g/mol. The van der Waals surface area contributed by atoms with Crippen molar-refractivity contribution in [1.29, 1.82) is 0 Å². The zero-order valence-corrected chi connectivity index (χ0v) is 15.0. The SMILES string of the molecule is CCOc1cc(C(=O)O[C@@H](C)C(=O)c2ccc(Cl)cc2)ccc1OC. The standard InChI is InChI=1S/C19H19ClO5/c1-4-24-17-11-14(7-10-16(17)23-3)19(22)25-12(2)18(21)13-5-8-15(20)9-6-13/h5-12H,4H2,1-3H3/t12-/m0/s1. The molecule has 2 rings (SSSR count). The van der Waals surface area contributed by atoms with Crippen molar-refractivity contribution in [2.24, 2.45) is 0 Å². The van der Waals surface area contributed by atoms with Crippen molar-refractivity contribution in [2.45, 2.75) is 20.0 Å². The highest BCUT2D eigenvalue weighted by Crippen LogP contribution is 2.28. The van der Waals surface area contributed by atoms with Gasteiger partial charge in [-0.3, -0.25) is 4.79 Å². The monoisotopic (exact) mass is 362 g/mol. The third kappa shape index (κ3) is 4.73. The van der Waals surface area contributed by atoms with Gasteiger partial charge >= 0.3 is 5.97 Å². The molecule has 6 heteroatoms. The molecule has 0 fully saturated rings. The Labute approximate surface area is 151 Å². The number of ether oxygens (including phenoxy) is 3. The van der Waals surface area contributed by atoms with Crippen molar-refractivity contribution in [3.63, 3.8) is 0 Å². The fraction of sp³-hybridized carbons (Fsp3) is 0.263. The summed E-state index contributed by atoms with van der Waals surface area (Å²) in [7, 11) is 1.52. The predicted octanol–water partition coefficient (Wildman–Crippen LogP) is 4.18. The number of esters is 1. The van der Waals surface area contributed by atoms with Crippen molar-refractivity contribution in [3.05, 3.63) is 58.6 Å². The van der Waals surface area contributed by atoms with Gasteiger partial charge in [0.25, 0.3) is 0 Å². The number of halogens is 1. The number of benzene rings is 2. The molecule has 0 saturated heterocycles. The molecule has 0 N–H and O–H groups in total. The molecule has 2 aromatic carbocycles. The van der Waals surface area contributed by atoms with Crippen LogP contribution in [0.2, 0.25) is 5.02 Å². The molecule has 0 unspecified atom stereocenters. The molecule has 0 saturated carbocycles. The molecule has 0 spiro atoms. The number of hydrogen-bond acceptors (Lipinski definition) is 5. The number of ketones is 1. The van der Waals surface area contributed by atoms with Gasteiger partial charge in [-0.15, -0.1) is 0 Å². The summed E-state index contributed by atoms with van der Waals surface area (Å²) in [4.78, 5) is 24.6. The first-order valence-electron chi connectivity index (χ1n) is 7.77. The highest BCUT2D eigenvalue weighted by Gasteiger charge is 2.21. The first kappa shape index (κ1) is 18.8. The minimum absolute atomic E-state index is 0.278. The lowest BCUT2D eigenvalue weighted by molar-refractivity contribution is 0.0318. The summed E-state index contributed by atoms with van der Waals surface area (Å²) in [5.41, 5.74) is 0.703. The number of Topliss-reactive ketones (excluding diaryl/α,β-unsaturated/α-hetero) is 1. The molecule has 0 aliphatic carbocycles. The van der Waals surface area contributed by atoms with Gasteiger partial charge in [0.2, 0.25) is 5.78 Å². The summed E-state index contributed by atoms with van der Waals surface area (Å²) in [6.07, 6.45) is -0.925. The molecule has 0 bridgehead atoms. The molecular weight excluding hydrogens is 344 g/mol. The molecular formula is C19H19ClO5. The van der Waals surface area contributed by atoms with Crippen LogP contribution in [0.15, 0.2) is 42.5 Å². The normalized spacial score (nSPS) is 11.5. The predicted molar refractivity (Wildman–Crippen MR) is 94.8 cm³/mol. The zero-order valence-electron chi connectivity index (χ0n) is 14.2. The van der Waals surface area contributed by atoms with E-state index in [1.165, 1.54) is 20.1 Å². The second-order valence-electron chi connectivity index (χ2n) is 5.22. The number of rotatable bonds is 7. The highest BCUT2D eigenvalue weighted by molar-refractivity contribution is 6.30. The van der Waals surface area contributed by atoms with Gasteiger partial charge < -0.3 is 14.2 Å². The lowest BCUT2D eigenvalue weighted by Crippen LogP contribution is -2.24. The Bertz CT molecular complexity index is 755. The van der Waals surface area contributed by atoms with Gasteiger partial charge in [-0.25, -0.2) is 4.79 Å². The van der Waals surface area contributed by atoms with Crippen molar-refractivity contribution in [1.82, 2.24) is 0 Å². The second kappa shape index (κ2) is 8.53. The molecule has 25 heavy (non-hydrogen) atoms. The zero-order chi connectivity index (χ0) is 18.4. The molecule has 2 aromatic rings. The molecule has 1 atom stereocenters. The molecule has 132 valence electrons. The summed E-state index contributed by atoms with van der Waals surface area (Å²) in [5, 5.41) is 0.530. The van der Waals surface area contributed by atoms with Crippen molar-refractivity contribution in [2.75, 3.05) is 13.7 Å². The summed E-state index contributed by atoms with van der Waals surface area (Å²) in [6.45, 7) is 3.79. The van der Waals surface area contributed by atoms with Crippen LogP contribution in [-0.4, -0.2) is 31.6 Å². The molecule has 0 amide bonds. The maximum atomic E-state index is 12.3. The van der Waals surface area contributed by atoms with Crippen LogP contribution in [0.5, 0.6) is 11.5 Å². The van der Waals surface area contributed by atoms with Crippen LogP contribution in [0, 0.1) is 0 Å². The molecule has 0 aliphatic heterocycles. The fourth-order valence-corrected chi connectivity index (χ4v) is 2.33. The van der Waals surface area contributed by atoms with Crippen LogP contribution in [0.25, 0.3) is 0 Å². The van der Waals surface area contributed by atoms with Crippen molar-refractivity contribution >= 4 is 23.4 Å². The lowest BCUT2D eigenvalue weighted by Gasteiger charge is -2.14. The van der Waals surface area contributed by atoms with Crippen LogP contribution >= 0.6 is 11.6 Å². The van der Waals surface area contributed by atoms with Gasteiger partial charge in [0.1, 0.15) is 0 Å². The molecule has 0 heterocycles.